The molecule has 0 fully saturated rings. The van der Waals surface area contributed by atoms with Gasteiger partial charge in [-0.25, -0.2) is 4.98 Å². The summed E-state index contributed by atoms with van der Waals surface area (Å²) >= 11 is 0. The summed E-state index contributed by atoms with van der Waals surface area (Å²) in [5, 5.41) is 0. The van der Waals surface area contributed by atoms with Crippen LogP contribution < -0.4 is 10.6 Å². The average molecular weight is 193 g/mol. The summed E-state index contributed by atoms with van der Waals surface area (Å²) in [7, 11) is 2.06. The number of nitrogens with two attached hydrogens (primary N) is 1. The number of hydrogen-bond acceptors (Lipinski definition) is 3. The van der Waals surface area contributed by atoms with Crippen molar-refractivity contribution in [2.75, 3.05) is 24.2 Å². The molecule has 0 radical (unpaired) electrons. The van der Waals surface area contributed by atoms with Crippen LogP contribution in [0.15, 0.2) is 18.3 Å². The maximum Gasteiger partial charge on any atom is 0.128 e. The number of nitrogen functional groups attached to an aromatic ring is 1. The molecule has 0 atom stereocenters. The number of pyridine rings is 1. The summed E-state index contributed by atoms with van der Waals surface area (Å²) in [4.78, 5) is 6.41. The van der Waals surface area contributed by atoms with Crippen molar-refractivity contribution in [3.63, 3.8) is 0 Å². The third kappa shape index (κ3) is 3.24. The fraction of sp³-hybridized carbons (Fsp3) is 0.545. The van der Waals surface area contributed by atoms with Crippen LogP contribution in [-0.4, -0.2) is 18.6 Å². The van der Waals surface area contributed by atoms with E-state index in [0.717, 1.165) is 18.3 Å². The van der Waals surface area contributed by atoms with Gasteiger partial charge in [0.15, 0.2) is 0 Å². The fourth-order valence-electron chi connectivity index (χ4n) is 1.19. The molecule has 0 amide bonds. The highest BCUT2D eigenvalue weighted by molar-refractivity contribution is 5.45. The molecule has 0 aromatic carbocycles. The zero-order chi connectivity index (χ0) is 10.6. The first kappa shape index (κ1) is 10.8. The molecule has 0 saturated heterocycles. The molecule has 0 bridgehead atoms. The van der Waals surface area contributed by atoms with E-state index in [4.69, 9.17) is 5.73 Å². The highest BCUT2D eigenvalue weighted by Crippen LogP contribution is 2.12. The van der Waals surface area contributed by atoms with Gasteiger partial charge in [-0.1, -0.05) is 13.8 Å². The summed E-state index contributed by atoms with van der Waals surface area (Å²) in [6, 6.07) is 3.84. The van der Waals surface area contributed by atoms with Crippen LogP contribution in [-0.2, 0) is 0 Å². The molecule has 1 heterocycles. The number of aromatic nitrogens is 1. The van der Waals surface area contributed by atoms with Crippen LogP contribution in [0, 0.1) is 5.92 Å². The molecule has 1 rings (SSSR count). The van der Waals surface area contributed by atoms with E-state index in [0.29, 0.717) is 5.69 Å². The third-order valence-corrected chi connectivity index (χ3v) is 2.20. The summed E-state index contributed by atoms with van der Waals surface area (Å²) in [5.41, 5.74) is 6.28. The molecule has 0 spiro atoms. The maximum absolute atomic E-state index is 5.57. The molecule has 78 valence electrons. The molecular weight excluding hydrogens is 174 g/mol. The Bertz CT molecular complexity index is 266. The fourth-order valence-corrected chi connectivity index (χ4v) is 1.19. The van der Waals surface area contributed by atoms with Crippen molar-refractivity contribution in [2.45, 2.75) is 20.3 Å². The molecule has 0 aliphatic rings. The zero-order valence-electron chi connectivity index (χ0n) is 9.20. The smallest absolute Gasteiger partial charge is 0.128 e. The van der Waals surface area contributed by atoms with E-state index >= 15 is 0 Å². The Balaban J connectivity index is 2.52. The van der Waals surface area contributed by atoms with E-state index in [1.54, 1.807) is 6.20 Å². The molecule has 3 heteroatoms. The second-order valence-electron chi connectivity index (χ2n) is 4.05. The third-order valence-electron chi connectivity index (χ3n) is 2.20. The lowest BCUT2D eigenvalue weighted by atomic mass is 10.1. The first-order chi connectivity index (χ1) is 6.59. The molecule has 3 nitrogen and oxygen atoms in total. The summed E-state index contributed by atoms with van der Waals surface area (Å²) in [6.45, 7) is 5.49. The predicted molar refractivity (Wildman–Crippen MR) is 61.4 cm³/mol. The average Bonchev–Trinajstić information content (AvgIpc) is 2.15. The molecule has 0 aliphatic carbocycles. The Morgan fingerprint density at radius 1 is 1.43 bits per heavy atom. The van der Waals surface area contributed by atoms with Crippen LogP contribution in [0.1, 0.15) is 20.3 Å². The number of anilines is 2. The van der Waals surface area contributed by atoms with Crippen LogP contribution in [0.3, 0.4) is 0 Å². The van der Waals surface area contributed by atoms with E-state index in [1.165, 1.54) is 6.42 Å². The molecule has 0 aliphatic heterocycles. The van der Waals surface area contributed by atoms with Crippen LogP contribution in [0.5, 0.6) is 0 Å². The van der Waals surface area contributed by atoms with Crippen molar-refractivity contribution in [1.82, 2.24) is 4.98 Å². The second-order valence-corrected chi connectivity index (χ2v) is 4.05. The second kappa shape index (κ2) is 4.84. The number of nitrogens with zero attached hydrogens (tertiary/aromatic N) is 2. The Hall–Kier alpha value is -1.25. The Morgan fingerprint density at radius 3 is 2.64 bits per heavy atom. The highest BCUT2D eigenvalue weighted by atomic mass is 15.2. The molecular formula is C11H19N3. The number of hydrogen-bond donors (Lipinski definition) is 1. The molecule has 0 unspecified atom stereocenters. The monoisotopic (exact) mass is 193 g/mol. The van der Waals surface area contributed by atoms with Crippen LogP contribution in [0.25, 0.3) is 0 Å². The SMILES string of the molecule is CC(C)CCN(C)c1ccc(N)cn1. The lowest BCUT2D eigenvalue weighted by molar-refractivity contribution is 0.583. The lowest BCUT2D eigenvalue weighted by Gasteiger charge is -2.19. The Kier molecular flexibility index (Phi) is 3.74. The maximum atomic E-state index is 5.57. The van der Waals surface area contributed by atoms with Gasteiger partial charge >= 0.3 is 0 Å². The van der Waals surface area contributed by atoms with Gasteiger partial charge < -0.3 is 10.6 Å². The van der Waals surface area contributed by atoms with Gasteiger partial charge in [-0.3, -0.25) is 0 Å². The van der Waals surface area contributed by atoms with Gasteiger partial charge in [-0.15, -0.1) is 0 Å². The standard InChI is InChI=1S/C11H19N3/c1-9(2)6-7-14(3)11-5-4-10(12)8-13-11/h4-5,8-9H,6-7,12H2,1-3H3. The molecule has 1 aromatic heterocycles. The highest BCUT2D eigenvalue weighted by Gasteiger charge is 2.02. The van der Waals surface area contributed by atoms with Crippen LogP contribution in [0.4, 0.5) is 11.5 Å². The predicted octanol–water partition coefficient (Wildman–Crippen LogP) is 2.15. The minimum Gasteiger partial charge on any atom is -0.397 e. The summed E-state index contributed by atoms with van der Waals surface area (Å²) in [6.07, 6.45) is 2.88. The lowest BCUT2D eigenvalue weighted by Crippen LogP contribution is -2.20. The van der Waals surface area contributed by atoms with Crippen molar-refractivity contribution >= 4 is 11.5 Å². The van der Waals surface area contributed by atoms with Gasteiger partial charge in [0.05, 0.1) is 11.9 Å². The van der Waals surface area contributed by atoms with E-state index in [1.807, 2.05) is 12.1 Å². The number of rotatable bonds is 4. The van der Waals surface area contributed by atoms with Gasteiger partial charge in [0.1, 0.15) is 5.82 Å². The quantitative estimate of drug-likeness (QED) is 0.796. The first-order valence-electron chi connectivity index (χ1n) is 5.02. The van der Waals surface area contributed by atoms with E-state index < -0.39 is 0 Å². The van der Waals surface area contributed by atoms with Gasteiger partial charge in [-0.05, 0) is 24.5 Å². The van der Waals surface area contributed by atoms with Crippen molar-refractivity contribution in [1.29, 1.82) is 0 Å². The zero-order valence-corrected chi connectivity index (χ0v) is 9.20. The minimum atomic E-state index is 0.714. The molecule has 0 saturated carbocycles. The van der Waals surface area contributed by atoms with Crippen molar-refractivity contribution in [3.8, 4) is 0 Å². The largest absolute Gasteiger partial charge is 0.397 e. The summed E-state index contributed by atoms with van der Waals surface area (Å²) < 4.78 is 0. The normalized spacial score (nSPS) is 10.6. The van der Waals surface area contributed by atoms with Crippen molar-refractivity contribution in [3.05, 3.63) is 18.3 Å². The molecule has 14 heavy (non-hydrogen) atoms. The van der Waals surface area contributed by atoms with Crippen LogP contribution >= 0.6 is 0 Å². The van der Waals surface area contributed by atoms with Gasteiger partial charge in [-0.2, -0.15) is 0 Å². The topological polar surface area (TPSA) is 42.1 Å². The van der Waals surface area contributed by atoms with E-state index in [-0.39, 0.29) is 0 Å². The van der Waals surface area contributed by atoms with E-state index in [9.17, 15) is 0 Å². The Labute approximate surface area is 85.9 Å². The van der Waals surface area contributed by atoms with Crippen molar-refractivity contribution < 1.29 is 0 Å². The molecule has 2 N–H and O–H groups in total. The van der Waals surface area contributed by atoms with Crippen molar-refractivity contribution in [2.24, 2.45) is 5.92 Å². The van der Waals surface area contributed by atoms with Gasteiger partial charge in [0, 0.05) is 13.6 Å². The van der Waals surface area contributed by atoms with E-state index in [2.05, 4.69) is 30.8 Å². The Morgan fingerprint density at radius 2 is 2.14 bits per heavy atom. The first-order valence-corrected chi connectivity index (χ1v) is 5.02. The van der Waals surface area contributed by atoms with Gasteiger partial charge in [0.25, 0.3) is 0 Å². The molecule has 1 aromatic rings. The van der Waals surface area contributed by atoms with Crippen LogP contribution in [0.2, 0.25) is 0 Å². The minimum absolute atomic E-state index is 0.714. The summed E-state index contributed by atoms with van der Waals surface area (Å²) in [5.74, 6) is 1.71. The van der Waals surface area contributed by atoms with Gasteiger partial charge in [0.2, 0.25) is 0 Å².